The third-order valence-electron chi connectivity index (χ3n) is 4.18. The molecule has 1 unspecified atom stereocenters. The predicted molar refractivity (Wildman–Crippen MR) is 104 cm³/mol. The summed E-state index contributed by atoms with van der Waals surface area (Å²) >= 11 is 1.24. The number of carbonyl (C=O) groups is 2. The fourth-order valence-corrected chi connectivity index (χ4v) is 3.52. The van der Waals surface area contributed by atoms with Crippen molar-refractivity contribution in [1.29, 1.82) is 0 Å². The van der Waals surface area contributed by atoms with Gasteiger partial charge in [-0.15, -0.1) is 0 Å². The van der Waals surface area contributed by atoms with Gasteiger partial charge in [-0.2, -0.15) is 5.10 Å². The number of hydrogen-bond donors (Lipinski definition) is 2. The van der Waals surface area contributed by atoms with Crippen LogP contribution >= 0.6 is 11.8 Å². The second-order valence-electron chi connectivity index (χ2n) is 6.17. The van der Waals surface area contributed by atoms with E-state index in [1.807, 2.05) is 0 Å². The first-order chi connectivity index (χ1) is 13.6. The first-order valence-corrected chi connectivity index (χ1v) is 9.81. The van der Waals surface area contributed by atoms with Gasteiger partial charge in [0.1, 0.15) is 5.82 Å². The highest BCUT2D eigenvalue weighted by atomic mass is 32.2. The predicted octanol–water partition coefficient (Wildman–Crippen LogP) is 1.03. The first-order valence-electron chi connectivity index (χ1n) is 8.82. The molecule has 0 radical (unpaired) electrons. The summed E-state index contributed by atoms with van der Waals surface area (Å²) in [7, 11) is 1.62. The fraction of sp³-hybridized carbons (Fsp3) is 0.389. The molecule has 0 aromatic heterocycles. The molecule has 3 rings (SSSR count). The smallest absolute Gasteiger partial charge is 0.272 e. The summed E-state index contributed by atoms with van der Waals surface area (Å²) in [4.78, 5) is 27.7. The zero-order chi connectivity index (χ0) is 19.9. The topological polar surface area (TPSA) is 86.3 Å². The minimum atomic E-state index is -0.691. The standard InChI is InChI=1S/C18H22FN5O3S/c1-27-10-4-7-20-15(25)12-28-18-22-21-16-17(26)23(8-9-24(16)18)11-13-5-2-3-6-14(13)19/h2-3,5-6,8-9,16,21H,4,7,10-12H2,1H3,(H,20,25). The number of amidine groups is 1. The van der Waals surface area contributed by atoms with E-state index in [4.69, 9.17) is 4.74 Å². The maximum Gasteiger partial charge on any atom is 0.272 e. The maximum atomic E-state index is 13.9. The zero-order valence-corrected chi connectivity index (χ0v) is 16.2. The van der Waals surface area contributed by atoms with Gasteiger partial charge in [-0.25, -0.2) is 4.39 Å². The molecule has 0 saturated heterocycles. The van der Waals surface area contributed by atoms with Gasteiger partial charge in [-0.1, -0.05) is 30.0 Å². The second kappa shape index (κ2) is 9.56. The Labute approximate surface area is 166 Å². The van der Waals surface area contributed by atoms with E-state index in [0.717, 1.165) is 6.42 Å². The van der Waals surface area contributed by atoms with Crippen molar-refractivity contribution in [3.05, 3.63) is 48.0 Å². The van der Waals surface area contributed by atoms with Crippen LogP contribution in [-0.4, -0.2) is 59.0 Å². The molecule has 1 aromatic carbocycles. The molecule has 2 aliphatic rings. The van der Waals surface area contributed by atoms with Gasteiger partial charge in [0.2, 0.25) is 12.1 Å². The molecule has 150 valence electrons. The number of nitrogens with one attached hydrogen (secondary N) is 2. The summed E-state index contributed by atoms with van der Waals surface area (Å²) in [6.07, 6.45) is 3.36. The molecule has 0 aliphatic carbocycles. The second-order valence-corrected chi connectivity index (χ2v) is 7.12. The van der Waals surface area contributed by atoms with Crippen molar-refractivity contribution in [3.63, 3.8) is 0 Å². The summed E-state index contributed by atoms with van der Waals surface area (Å²) in [5.41, 5.74) is 3.22. The van der Waals surface area contributed by atoms with Gasteiger partial charge in [0.05, 0.1) is 12.3 Å². The van der Waals surface area contributed by atoms with Crippen LogP contribution in [0, 0.1) is 5.82 Å². The fourth-order valence-electron chi connectivity index (χ4n) is 2.73. The van der Waals surface area contributed by atoms with Crippen LogP contribution in [0.5, 0.6) is 0 Å². The number of rotatable bonds is 8. The van der Waals surface area contributed by atoms with E-state index in [1.54, 1.807) is 42.6 Å². The van der Waals surface area contributed by atoms with Crippen molar-refractivity contribution in [1.82, 2.24) is 20.5 Å². The highest BCUT2D eigenvalue weighted by molar-refractivity contribution is 8.14. The summed E-state index contributed by atoms with van der Waals surface area (Å²) in [5, 5.41) is 7.49. The van der Waals surface area contributed by atoms with Crippen LogP contribution in [-0.2, 0) is 20.9 Å². The molecule has 1 aromatic rings. The summed E-state index contributed by atoms with van der Waals surface area (Å²) in [6.45, 7) is 1.28. The van der Waals surface area contributed by atoms with Gasteiger partial charge in [0, 0.05) is 38.2 Å². The number of thioether (sulfide) groups is 1. The monoisotopic (exact) mass is 407 g/mol. The van der Waals surface area contributed by atoms with Gasteiger partial charge in [0.15, 0.2) is 5.17 Å². The van der Waals surface area contributed by atoms with Crippen molar-refractivity contribution in [2.75, 3.05) is 26.0 Å². The highest BCUT2D eigenvalue weighted by Crippen LogP contribution is 2.23. The number of hydrogen-bond acceptors (Lipinski definition) is 7. The lowest BCUT2D eigenvalue weighted by atomic mass is 10.2. The van der Waals surface area contributed by atoms with Gasteiger partial charge < -0.3 is 15.0 Å². The Morgan fingerprint density at radius 2 is 2.21 bits per heavy atom. The Bertz CT molecular complexity index is 788. The van der Waals surface area contributed by atoms with E-state index >= 15 is 0 Å². The minimum absolute atomic E-state index is 0.110. The Hall–Kier alpha value is -2.59. The molecular formula is C18H22FN5O3S. The number of benzene rings is 1. The van der Waals surface area contributed by atoms with Crippen LogP contribution in [0.25, 0.3) is 0 Å². The van der Waals surface area contributed by atoms with E-state index in [-0.39, 0.29) is 29.9 Å². The lowest BCUT2D eigenvalue weighted by Crippen LogP contribution is -2.51. The number of fused-ring (bicyclic) bond motifs is 1. The van der Waals surface area contributed by atoms with Gasteiger partial charge in [0.25, 0.3) is 5.91 Å². The van der Waals surface area contributed by atoms with Crippen molar-refractivity contribution in [2.45, 2.75) is 19.1 Å². The molecule has 0 saturated carbocycles. The Kier molecular flexibility index (Phi) is 6.88. The van der Waals surface area contributed by atoms with Crippen LogP contribution in [0.1, 0.15) is 12.0 Å². The number of carbonyl (C=O) groups excluding carboxylic acids is 2. The first kappa shape index (κ1) is 20.2. The molecule has 0 bridgehead atoms. The molecule has 2 aliphatic heterocycles. The van der Waals surface area contributed by atoms with Crippen LogP contribution in [0.2, 0.25) is 0 Å². The van der Waals surface area contributed by atoms with E-state index in [0.29, 0.717) is 23.9 Å². The van der Waals surface area contributed by atoms with Crippen LogP contribution in [0.15, 0.2) is 41.8 Å². The molecule has 8 nitrogen and oxygen atoms in total. The summed E-state index contributed by atoms with van der Waals surface area (Å²) < 4.78 is 18.8. The van der Waals surface area contributed by atoms with E-state index in [9.17, 15) is 14.0 Å². The van der Waals surface area contributed by atoms with Crippen molar-refractivity contribution in [2.24, 2.45) is 5.10 Å². The Morgan fingerprint density at radius 1 is 1.39 bits per heavy atom. The molecule has 2 amide bonds. The quantitative estimate of drug-likeness (QED) is 0.626. The average molecular weight is 407 g/mol. The van der Waals surface area contributed by atoms with Crippen LogP contribution in [0.4, 0.5) is 4.39 Å². The van der Waals surface area contributed by atoms with Crippen molar-refractivity contribution >= 4 is 28.7 Å². The third kappa shape index (κ3) is 4.82. The van der Waals surface area contributed by atoms with Crippen molar-refractivity contribution < 1.29 is 18.7 Å². The van der Waals surface area contributed by atoms with Gasteiger partial charge in [-0.05, 0) is 12.5 Å². The number of ether oxygens (including phenoxy) is 1. The number of amides is 2. The molecule has 1 atom stereocenters. The summed E-state index contributed by atoms with van der Waals surface area (Å²) in [6, 6.07) is 6.35. The lowest BCUT2D eigenvalue weighted by molar-refractivity contribution is -0.134. The molecule has 10 heteroatoms. The number of hydrazone groups is 1. The normalized spacial score (nSPS) is 18.0. The minimum Gasteiger partial charge on any atom is -0.385 e. The van der Waals surface area contributed by atoms with Crippen LogP contribution < -0.4 is 10.7 Å². The maximum absolute atomic E-state index is 13.9. The van der Waals surface area contributed by atoms with E-state index in [1.165, 1.54) is 22.7 Å². The number of halogens is 1. The lowest BCUT2D eigenvalue weighted by Gasteiger charge is -2.32. The van der Waals surface area contributed by atoms with Crippen LogP contribution in [0.3, 0.4) is 0 Å². The zero-order valence-electron chi connectivity index (χ0n) is 15.4. The Morgan fingerprint density at radius 3 is 3.00 bits per heavy atom. The molecule has 2 N–H and O–H groups in total. The molecule has 0 fully saturated rings. The molecule has 28 heavy (non-hydrogen) atoms. The Balaban J connectivity index is 1.52. The third-order valence-corrected chi connectivity index (χ3v) is 5.15. The highest BCUT2D eigenvalue weighted by Gasteiger charge is 2.38. The largest absolute Gasteiger partial charge is 0.385 e. The number of nitrogens with zero attached hydrogens (tertiary/aromatic N) is 3. The molecule has 2 heterocycles. The van der Waals surface area contributed by atoms with Crippen molar-refractivity contribution in [3.8, 4) is 0 Å². The van der Waals surface area contributed by atoms with E-state index in [2.05, 4.69) is 15.8 Å². The molecule has 0 spiro atoms. The van der Waals surface area contributed by atoms with E-state index < -0.39 is 6.17 Å². The average Bonchev–Trinajstić information content (AvgIpc) is 3.11. The van der Waals surface area contributed by atoms with Gasteiger partial charge >= 0.3 is 0 Å². The summed E-state index contributed by atoms with van der Waals surface area (Å²) in [5.74, 6) is -0.512. The van der Waals surface area contributed by atoms with Gasteiger partial charge in [-0.3, -0.25) is 19.9 Å². The molecular weight excluding hydrogens is 385 g/mol. The SMILES string of the molecule is COCCCNC(=O)CSC1=NNC2C(=O)N(Cc3ccccc3F)C=CN12. The number of methoxy groups -OCH3 is 1.